The summed E-state index contributed by atoms with van der Waals surface area (Å²) < 4.78 is 12.5. The molecule has 3 rings (SSSR count). The van der Waals surface area contributed by atoms with Gasteiger partial charge in [-0.2, -0.15) is 0 Å². The Morgan fingerprint density at radius 2 is 1.74 bits per heavy atom. The SMILES string of the molecule is COc1cccc(OC)c1C=C1C(=O)Nc2c(Br)cc(Br)cc21. The Morgan fingerprint density at radius 1 is 1.09 bits per heavy atom. The molecule has 0 radical (unpaired) electrons. The maximum Gasteiger partial charge on any atom is 0.256 e. The Labute approximate surface area is 150 Å². The van der Waals surface area contributed by atoms with Crippen LogP contribution in [0.25, 0.3) is 11.6 Å². The topological polar surface area (TPSA) is 47.6 Å². The summed E-state index contributed by atoms with van der Waals surface area (Å²) in [4.78, 5) is 12.4. The van der Waals surface area contributed by atoms with Gasteiger partial charge in [0.2, 0.25) is 0 Å². The second-order valence-corrected chi connectivity index (χ2v) is 6.67. The molecule has 0 unspecified atom stereocenters. The molecule has 0 fully saturated rings. The van der Waals surface area contributed by atoms with Crippen molar-refractivity contribution in [2.45, 2.75) is 0 Å². The molecule has 0 aromatic heterocycles. The Bertz CT molecular complexity index is 809. The van der Waals surface area contributed by atoms with E-state index in [2.05, 4.69) is 37.2 Å². The maximum absolute atomic E-state index is 12.4. The highest BCUT2D eigenvalue weighted by Gasteiger charge is 2.27. The van der Waals surface area contributed by atoms with Crippen molar-refractivity contribution in [1.29, 1.82) is 0 Å². The third kappa shape index (κ3) is 2.88. The van der Waals surface area contributed by atoms with Crippen molar-refractivity contribution in [1.82, 2.24) is 0 Å². The van der Waals surface area contributed by atoms with Crippen molar-refractivity contribution in [3.63, 3.8) is 0 Å². The van der Waals surface area contributed by atoms with E-state index in [0.29, 0.717) is 17.1 Å². The van der Waals surface area contributed by atoms with Gasteiger partial charge in [0, 0.05) is 20.1 Å². The molecular formula is C17H13Br2NO3. The smallest absolute Gasteiger partial charge is 0.256 e. The maximum atomic E-state index is 12.4. The molecule has 0 atom stereocenters. The van der Waals surface area contributed by atoms with Crippen LogP contribution in [0.1, 0.15) is 11.1 Å². The predicted octanol–water partition coefficient (Wildman–Crippen LogP) is 4.72. The van der Waals surface area contributed by atoms with Crippen LogP contribution in [0, 0.1) is 0 Å². The van der Waals surface area contributed by atoms with E-state index < -0.39 is 0 Å². The normalized spacial score (nSPS) is 14.6. The molecule has 4 nitrogen and oxygen atoms in total. The third-order valence-electron chi connectivity index (χ3n) is 3.58. The molecule has 2 aromatic carbocycles. The first-order valence-corrected chi connectivity index (χ1v) is 8.37. The van der Waals surface area contributed by atoms with E-state index in [1.54, 1.807) is 20.3 Å². The molecule has 23 heavy (non-hydrogen) atoms. The van der Waals surface area contributed by atoms with Crippen LogP contribution < -0.4 is 14.8 Å². The zero-order chi connectivity index (χ0) is 16.6. The Morgan fingerprint density at radius 3 is 2.35 bits per heavy atom. The Hall–Kier alpha value is -1.79. The van der Waals surface area contributed by atoms with Crippen LogP contribution in [-0.4, -0.2) is 20.1 Å². The van der Waals surface area contributed by atoms with Gasteiger partial charge in [-0.05, 0) is 46.3 Å². The molecule has 2 aromatic rings. The number of fused-ring (bicyclic) bond motifs is 1. The van der Waals surface area contributed by atoms with E-state index in [0.717, 1.165) is 25.8 Å². The van der Waals surface area contributed by atoms with Gasteiger partial charge < -0.3 is 14.8 Å². The van der Waals surface area contributed by atoms with Gasteiger partial charge in [0.15, 0.2) is 0 Å². The molecule has 118 valence electrons. The Balaban J connectivity index is 2.21. The van der Waals surface area contributed by atoms with Gasteiger partial charge in [-0.3, -0.25) is 4.79 Å². The fourth-order valence-corrected chi connectivity index (χ4v) is 3.85. The summed E-state index contributed by atoms with van der Waals surface area (Å²) in [5, 5.41) is 2.88. The number of ether oxygens (including phenoxy) is 2. The van der Waals surface area contributed by atoms with E-state index in [1.807, 2.05) is 30.3 Å². The molecule has 6 heteroatoms. The molecule has 0 aliphatic carbocycles. The molecule has 1 heterocycles. The first-order valence-electron chi connectivity index (χ1n) is 6.78. The summed E-state index contributed by atoms with van der Waals surface area (Å²) in [6, 6.07) is 9.31. The summed E-state index contributed by atoms with van der Waals surface area (Å²) in [6.07, 6.45) is 1.79. The quantitative estimate of drug-likeness (QED) is 0.705. The average molecular weight is 439 g/mol. The zero-order valence-electron chi connectivity index (χ0n) is 12.4. The molecular weight excluding hydrogens is 426 g/mol. The second-order valence-electron chi connectivity index (χ2n) is 4.90. The highest BCUT2D eigenvalue weighted by molar-refractivity contribution is 9.11. The summed E-state index contributed by atoms with van der Waals surface area (Å²) in [5.74, 6) is 1.13. The molecule has 1 aliphatic rings. The summed E-state index contributed by atoms with van der Waals surface area (Å²) in [6.45, 7) is 0. The molecule has 1 aliphatic heterocycles. The minimum absolute atomic E-state index is 0.160. The highest BCUT2D eigenvalue weighted by Crippen LogP contribution is 2.42. The number of hydrogen-bond acceptors (Lipinski definition) is 3. The molecule has 1 amide bonds. The molecule has 0 saturated heterocycles. The van der Waals surface area contributed by atoms with Gasteiger partial charge in [0.25, 0.3) is 5.91 Å². The zero-order valence-corrected chi connectivity index (χ0v) is 15.6. The van der Waals surface area contributed by atoms with Crippen LogP contribution >= 0.6 is 31.9 Å². The first-order chi connectivity index (χ1) is 11.0. The number of amides is 1. The lowest BCUT2D eigenvalue weighted by Crippen LogP contribution is -2.04. The van der Waals surface area contributed by atoms with Gasteiger partial charge in [-0.15, -0.1) is 0 Å². The number of anilines is 1. The van der Waals surface area contributed by atoms with Crippen LogP contribution in [-0.2, 0) is 4.79 Å². The molecule has 0 saturated carbocycles. The second kappa shape index (κ2) is 6.37. The lowest BCUT2D eigenvalue weighted by atomic mass is 10.0. The fourth-order valence-electron chi connectivity index (χ4n) is 2.53. The number of nitrogens with one attached hydrogen (secondary N) is 1. The van der Waals surface area contributed by atoms with Crippen molar-refractivity contribution >= 4 is 55.1 Å². The third-order valence-corrected chi connectivity index (χ3v) is 4.67. The van der Waals surface area contributed by atoms with Gasteiger partial charge in [-0.25, -0.2) is 0 Å². The molecule has 0 spiro atoms. The lowest BCUT2D eigenvalue weighted by Gasteiger charge is -2.10. The van der Waals surface area contributed by atoms with Crippen molar-refractivity contribution in [2.24, 2.45) is 0 Å². The van der Waals surface area contributed by atoms with Gasteiger partial charge in [-0.1, -0.05) is 22.0 Å². The van der Waals surface area contributed by atoms with Crippen LogP contribution in [0.3, 0.4) is 0 Å². The summed E-state index contributed by atoms with van der Waals surface area (Å²) in [7, 11) is 3.18. The fraction of sp³-hybridized carbons (Fsp3) is 0.118. The van der Waals surface area contributed by atoms with Crippen LogP contribution in [0.2, 0.25) is 0 Å². The summed E-state index contributed by atoms with van der Waals surface area (Å²) >= 11 is 6.93. The number of hydrogen-bond donors (Lipinski definition) is 1. The largest absolute Gasteiger partial charge is 0.496 e. The highest BCUT2D eigenvalue weighted by atomic mass is 79.9. The van der Waals surface area contributed by atoms with Crippen molar-refractivity contribution in [3.05, 3.63) is 50.4 Å². The van der Waals surface area contributed by atoms with Crippen molar-refractivity contribution in [2.75, 3.05) is 19.5 Å². The number of benzene rings is 2. The number of carbonyl (C=O) groups is 1. The summed E-state index contributed by atoms with van der Waals surface area (Å²) in [5.41, 5.74) is 2.87. The Kier molecular flexibility index (Phi) is 4.46. The van der Waals surface area contributed by atoms with E-state index >= 15 is 0 Å². The first kappa shape index (κ1) is 16.1. The van der Waals surface area contributed by atoms with Crippen molar-refractivity contribution < 1.29 is 14.3 Å². The number of halogens is 2. The van der Waals surface area contributed by atoms with E-state index in [4.69, 9.17) is 9.47 Å². The number of methoxy groups -OCH3 is 2. The number of rotatable bonds is 3. The van der Waals surface area contributed by atoms with Gasteiger partial charge in [0.05, 0.1) is 25.5 Å². The van der Waals surface area contributed by atoms with E-state index in [9.17, 15) is 4.79 Å². The number of carbonyl (C=O) groups excluding carboxylic acids is 1. The molecule has 1 N–H and O–H groups in total. The average Bonchev–Trinajstić information content (AvgIpc) is 2.84. The molecule has 0 bridgehead atoms. The van der Waals surface area contributed by atoms with Gasteiger partial charge in [0.1, 0.15) is 11.5 Å². The van der Waals surface area contributed by atoms with Crippen molar-refractivity contribution in [3.8, 4) is 11.5 Å². The lowest BCUT2D eigenvalue weighted by molar-refractivity contribution is -0.110. The van der Waals surface area contributed by atoms with Crippen LogP contribution in [0.4, 0.5) is 5.69 Å². The van der Waals surface area contributed by atoms with E-state index in [1.165, 1.54) is 0 Å². The minimum atomic E-state index is -0.160. The van der Waals surface area contributed by atoms with E-state index in [-0.39, 0.29) is 5.91 Å². The van der Waals surface area contributed by atoms with Gasteiger partial charge >= 0.3 is 0 Å². The monoisotopic (exact) mass is 437 g/mol. The van der Waals surface area contributed by atoms with Crippen LogP contribution in [0.5, 0.6) is 11.5 Å². The van der Waals surface area contributed by atoms with Crippen LogP contribution in [0.15, 0.2) is 39.3 Å². The standard InChI is InChI=1S/C17H13Br2NO3/c1-22-14-4-3-5-15(23-2)12(14)8-11-10-6-9(18)7-13(19)16(10)20-17(11)21/h3-8H,1-2H3,(H,20,21). The predicted molar refractivity (Wildman–Crippen MR) is 97.9 cm³/mol. The minimum Gasteiger partial charge on any atom is -0.496 e.